The molecule has 1 aromatic carbocycles. The molecule has 0 fully saturated rings. The van der Waals surface area contributed by atoms with Gasteiger partial charge in [0, 0.05) is 12.7 Å². The third kappa shape index (κ3) is 3.29. The number of carboxylic acid groups (broad SMARTS) is 1. The predicted octanol–water partition coefficient (Wildman–Crippen LogP) is 1.14. The molecule has 2 rings (SSSR count). The Morgan fingerprint density at radius 1 is 1.52 bits per heavy atom. The maximum Gasteiger partial charge on any atom is 0.342 e. The minimum absolute atomic E-state index is 0.127. The van der Waals surface area contributed by atoms with Crippen molar-refractivity contribution >= 4 is 17.3 Å². The molecule has 0 bridgehead atoms. The van der Waals surface area contributed by atoms with Gasteiger partial charge in [-0.1, -0.05) is 5.21 Å². The van der Waals surface area contributed by atoms with Crippen molar-refractivity contribution in [2.45, 2.75) is 6.54 Å². The number of rotatable bonds is 6. The molecule has 2 aromatic rings. The number of nitrogens with zero attached hydrogens (tertiary/aromatic N) is 4. The van der Waals surface area contributed by atoms with Crippen molar-refractivity contribution in [3.05, 3.63) is 46.0 Å². The molecule has 9 nitrogen and oxygen atoms in total. The van der Waals surface area contributed by atoms with Crippen molar-refractivity contribution < 1.29 is 19.2 Å². The molecule has 0 spiro atoms. The lowest BCUT2D eigenvalue weighted by Crippen LogP contribution is -2.13. The summed E-state index contributed by atoms with van der Waals surface area (Å²) in [5.41, 5.74) is -1.50. The molecule has 0 aliphatic heterocycles. The van der Waals surface area contributed by atoms with Gasteiger partial charge in [0.2, 0.25) is 0 Å². The fourth-order valence-corrected chi connectivity index (χ4v) is 1.68. The van der Waals surface area contributed by atoms with Crippen LogP contribution in [0, 0.1) is 15.9 Å². The number of benzene rings is 1. The van der Waals surface area contributed by atoms with Gasteiger partial charge in [-0.2, -0.15) is 0 Å². The molecule has 21 heavy (non-hydrogen) atoms. The van der Waals surface area contributed by atoms with Crippen LogP contribution in [0.2, 0.25) is 0 Å². The summed E-state index contributed by atoms with van der Waals surface area (Å²) < 4.78 is 15.2. The van der Waals surface area contributed by atoms with Gasteiger partial charge in [0.05, 0.1) is 29.4 Å². The van der Waals surface area contributed by atoms with Gasteiger partial charge in [0.15, 0.2) is 5.82 Å². The number of halogens is 1. The van der Waals surface area contributed by atoms with E-state index in [4.69, 9.17) is 5.11 Å². The predicted molar refractivity (Wildman–Crippen MR) is 68.5 cm³/mol. The van der Waals surface area contributed by atoms with E-state index in [-0.39, 0.29) is 12.2 Å². The zero-order valence-electron chi connectivity index (χ0n) is 10.6. The minimum atomic E-state index is -1.50. The Morgan fingerprint density at radius 2 is 2.29 bits per heavy atom. The Hall–Kier alpha value is -3.04. The molecule has 0 saturated carbocycles. The molecule has 10 heteroatoms. The Morgan fingerprint density at radius 3 is 2.86 bits per heavy atom. The molecule has 2 N–H and O–H groups in total. The first kappa shape index (κ1) is 14.4. The average Bonchev–Trinajstić information content (AvgIpc) is 2.92. The zero-order valence-corrected chi connectivity index (χ0v) is 10.6. The zero-order chi connectivity index (χ0) is 15.4. The summed E-state index contributed by atoms with van der Waals surface area (Å²) in [6.07, 6.45) is 3.09. The molecule has 1 heterocycles. The van der Waals surface area contributed by atoms with Gasteiger partial charge in [-0.15, -0.1) is 5.10 Å². The van der Waals surface area contributed by atoms with Crippen LogP contribution in [0.1, 0.15) is 10.4 Å². The largest absolute Gasteiger partial charge is 0.477 e. The maximum atomic E-state index is 13.7. The van der Waals surface area contributed by atoms with Crippen molar-refractivity contribution in [1.29, 1.82) is 0 Å². The van der Waals surface area contributed by atoms with Crippen LogP contribution in [-0.4, -0.2) is 37.5 Å². The van der Waals surface area contributed by atoms with E-state index in [2.05, 4.69) is 15.6 Å². The Bertz CT molecular complexity index is 674. The lowest BCUT2D eigenvalue weighted by Gasteiger charge is -2.08. The minimum Gasteiger partial charge on any atom is -0.477 e. The number of aromatic nitrogens is 3. The summed E-state index contributed by atoms with van der Waals surface area (Å²) in [6.45, 7) is 0.621. The van der Waals surface area contributed by atoms with Crippen molar-refractivity contribution in [3.8, 4) is 0 Å². The van der Waals surface area contributed by atoms with Crippen LogP contribution in [-0.2, 0) is 6.54 Å². The van der Waals surface area contributed by atoms with Crippen LogP contribution in [0.5, 0.6) is 0 Å². The van der Waals surface area contributed by atoms with E-state index in [1.807, 2.05) is 0 Å². The molecule has 0 saturated heterocycles. The first-order chi connectivity index (χ1) is 9.99. The Labute approximate surface area is 117 Å². The monoisotopic (exact) mass is 295 g/mol. The van der Waals surface area contributed by atoms with Gasteiger partial charge in [-0.3, -0.25) is 14.8 Å². The van der Waals surface area contributed by atoms with Crippen LogP contribution in [0.15, 0.2) is 24.5 Å². The molecule has 0 amide bonds. The second-order valence-electron chi connectivity index (χ2n) is 4.00. The van der Waals surface area contributed by atoms with E-state index in [1.165, 1.54) is 10.9 Å². The second kappa shape index (κ2) is 5.94. The normalized spacial score (nSPS) is 10.3. The standard InChI is InChI=1S/C11H10FN5O4/c12-8-6-10(17(20)21)7(11(18)19)5-9(8)13-1-3-16-4-2-14-15-16/h2,4-6,13H,1,3H2,(H,18,19). The fourth-order valence-electron chi connectivity index (χ4n) is 1.68. The third-order valence-corrected chi connectivity index (χ3v) is 2.64. The molecule has 0 unspecified atom stereocenters. The number of aromatic carboxylic acids is 1. The van der Waals surface area contributed by atoms with Crippen molar-refractivity contribution in [1.82, 2.24) is 15.0 Å². The van der Waals surface area contributed by atoms with Crippen LogP contribution < -0.4 is 5.32 Å². The quantitative estimate of drug-likeness (QED) is 0.604. The smallest absolute Gasteiger partial charge is 0.342 e. The molecule has 0 atom stereocenters. The summed E-state index contributed by atoms with van der Waals surface area (Å²) in [7, 11) is 0. The molecular formula is C11H10FN5O4. The molecule has 0 radical (unpaired) electrons. The first-order valence-electron chi connectivity index (χ1n) is 5.78. The van der Waals surface area contributed by atoms with Gasteiger partial charge in [-0.05, 0) is 6.07 Å². The summed E-state index contributed by atoms with van der Waals surface area (Å²) in [6, 6.07) is 1.48. The summed E-state index contributed by atoms with van der Waals surface area (Å²) in [5.74, 6) is -2.40. The van der Waals surface area contributed by atoms with Crippen LogP contribution in [0.25, 0.3) is 0 Å². The summed E-state index contributed by atoms with van der Waals surface area (Å²) in [4.78, 5) is 20.7. The molecule has 0 aliphatic carbocycles. The second-order valence-corrected chi connectivity index (χ2v) is 4.00. The number of carboxylic acids is 1. The summed E-state index contributed by atoms with van der Waals surface area (Å²) >= 11 is 0. The van der Waals surface area contributed by atoms with Gasteiger partial charge < -0.3 is 10.4 Å². The highest BCUT2D eigenvalue weighted by Crippen LogP contribution is 2.26. The van der Waals surface area contributed by atoms with Gasteiger partial charge in [0.25, 0.3) is 5.69 Å². The Kier molecular flexibility index (Phi) is 4.07. The number of hydrogen-bond acceptors (Lipinski definition) is 6. The van der Waals surface area contributed by atoms with Crippen LogP contribution >= 0.6 is 0 Å². The number of carbonyl (C=O) groups is 1. The number of nitro groups is 1. The molecular weight excluding hydrogens is 285 g/mol. The highest BCUT2D eigenvalue weighted by molar-refractivity contribution is 5.93. The number of anilines is 1. The van der Waals surface area contributed by atoms with E-state index in [0.717, 1.165) is 6.07 Å². The van der Waals surface area contributed by atoms with E-state index < -0.39 is 28.0 Å². The van der Waals surface area contributed by atoms with Crippen LogP contribution in [0.3, 0.4) is 0 Å². The van der Waals surface area contributed by atoms with Crippen molar-refractivity contribution in [2.75, 3.05) is 11.9 Å². The lowest BCUT2D eigenvalue weighted by atomic mass is 10.1. The fraction of sp³-hybridized carbons (Fsp3) is 0.182. The van der Waals surface area contributed by atoms with Crippen molar-refractivity contribution in [2.24, 2.45) is 0 Å². The average molecular weight is 295 g/mol. The van der Waals surface area contributed by atoms with Gasteiger partial charge in [-0.25, -0.2) is 9.18 Å². The van der Waals surface area contributed by atoms with Crippen molar-refractivity contribution in [3.63, 3.8) is 0 Å². The molecule has 1 aromatic heterocycles. The first-order valence-corrected chi connectivity index (χ1v) is 5.78. The van der Waals surface area contributed by atoms with Gasteiger partial charge in [0.1, 0.15) is 5.56 Å². The molecule has 110 valence electrons. The highest BCUT2D eigenvalue weighted by Gasteiger charge is 2.23. The number of nitro benzene ring substituents is 1. The maximum absolute atomic E-state index is 13.7. The topological polar surface area (TPSA) is 123 Å². The van der Waals surface area contributed by atoms with E-state index in [1.54, 1.807) is 6.20 Å². The van der Waals surface area contributed by atoms with E-state index in [9.17, 15) is 19.3 Å². The number of nitrogens with one attached hydrogen (secondary N) is 1. The Balaban J connectivity index is 2.17. The highest BCUT2D eigenvalue weighted by atomic mass is 19.1. The van der Waals surface area contributed by atoms with E-state index in [0.29, 0.717) is 12.6 Å². The number of hydrogen-bond donors (Lipinski definition) is 2. The lowest BCUT2D eigenvalue weighted by molar-refractivity contribution is -0.385. The van der Waals surface area contributed by atoms with E-state index >= 15 is 0 Å². The third-order valence-electron chi connectivity index (χ3n) is 2.64. The molecule has 0 aliphatic rings. The summed E-state index contributed by atoms with van der Waals surface area (Å²) in [5, 5.41) is 29.6. The van der Waals surface area contributed by atoms with Gasteiger partial charge >= 0.3 is 5.97 Å². The SMILES string of the molecule is O=C(O)c1cc(NCCn2ccnn2)c(F)cc1[N+](=O)[O-]. The van der Waals surface area contributed by atoms with Crippen LogP contribution in [0.4, 0.5) is 15.8 Å².